The first kappa shape index (κ1) is 32.4. The molecule has 48 heavy (non-hydrogen) atoms. The van der Waals surface area contributed by atoms with Crippen molar-refractivity contribution < 1.29 is 27.9 Å². The summed E-state index contributed by atoms with van der Waals surface area (Å²) in [7, 11) is 0. The van der Waals surface area contributed by atoms with E-state index >= 15 is 8.78 Å². The average molecular weight is 654 g/mol. The predicted molar refractivity (Wildman–Crippen MR) is 177 cm³/mol. The van der Waals surface area contributed by atoms with Crippen LogP contribution in [0.2, 0.25) is 0 Å². The van der Waals surface area contributed by atoms with Crippen LogP contribution in [0.15, 0.2) is 97.2 Å². The number of carbonyl (C=O) groups is 2. The van der Waals surface area contributed by atoms with E-state index in [9.17, 15) is 19.1 Å². The molecule has 0 bridgehead atoms. The topological polar surface area (TPSA) is 119 Å². The van der Waals surface area contributed by atoms with Crippen molar-refractivity contribution in [1.29, 1.82) is 0 Å². The third-order valence-electron chi connectivity index (χ3n) is 8.34. The number of aromatic amines is 1. The lowest BCUT2D eigenvalue weighted by Gasteiger charge is -2.30. The highest BCUT2D eigenvalue weighted by atomic mass is 19.3. The number of amides is 2. The summed E-state index contributed by atoms with van der Waals surface area (Å²) in [4.78, 5) is 33.5. The van der Waals surface area contributed by atoms with Gasteiger partial charge in [0, 0.05) is 54.0 Å². The van der Waals surface area contributed by atoms with Crippen LogP contribution in [0.5, 0.6) is 5.75 Å². The number of nitrogens with zero attached hydrogens (tertiary/aromatic N) is 1. The molecule has 0 aliphatic carbocycles. The maximum atomic E-state index is 16.2. The van der Waals surface area contributed by atoms with Crippen LogP contribution >= 0.6 is 0 Å². The minimum atomic E-state index is -3.49. The number of aromatic nitrogens is 2. The number of nitrogens with one attached hydrogen (secondary N) is 4. The van der Waals surface area contributed by atoms with Crippen LogP contribution in [0.3, 0.4) is 0 Å². The lowest BCUT2D eigenvalue weighted by molar-refractivity contribution is -0.0245. The summed E-state index contributed by atoms with van der Waals surface area (Å²) in [6.07, 6.45) is 1.03. The molecule has 246 valence electrons. The molecule has 0 fully saturated rings. The van der Waals surface area contributed by atoms with E-state index in [1.165, 1.54) is 48.7 Å². The van der Waals surface area contributed by atoms with Crippen molar-refractivity contribution in [1.82, 2.24) is 20.6 Å². The van der Waals surface area contributed by atoms with E-state index in [2.05, 4.69) is 25.9 Å². The number of anilines is 2. The molecule has 0 saturated carbocycles. The van der Waals surface area contributed by atoms with E-state index in [4.69, 9.17) is 0 Å². The molecular weight excluding hydrogens is 619 g/mol. The number of H-pyrrole nitrogens is 1. The lowest BCUT2D eigenvalue weighted by atomic mass is 9.90. The second kappa shape index (κ2) is 12.9. The van der Waals surface area contributed by atoms with E-state index < -0.39 is 41.2 Å². The van der Waals surface area contributed by atoms with Crippen LogP contribution < -0.4 is 16.0 Å². The Labute approximate surface area is 275 Å². The molecule has 8 nitrogen and oxygen atoms in total. The number of carbonyl (C=O) groups excluding carboxylic acids is 2. The van der Waals surface area contributed by atoms with Crippen molar-refractivity contribution in [3.05, 3.63) is 131 Å². The average Bonchev–Trinajstić information content (AvgIpc) is 3.41. The maximum absolute atomic E-state index is 16.2. The highest BCUT2D eigenvalue weighted by Gasteiger charge is 2.39. The first-order valence-electron chi connectivity index (χ1n) is 15.5. The van der Waals surface area contributed by atoms with Gasteiger partial charge in [0.05, 0.1) is 22.5 Å². The molecule has 5 N–H and O–H groups in total. The third-order valence-corrected chi connectivity index (χ3v) is 8.34. The number of fused-ring (bicyclic) bond motifs is 1. The van der Waals surface area contributed by atoms with Crippen molar-refractivity contribution >= 4 is 23.2 Å². The Morgan fingerprint density at radius 3 is 2.46 bits per heavy atom. The van der Waals surface area contributed by atoms with Crippen LogP contribution in [-0.2, 0) is 12.3 Å². The Morgan fingerprint density at radius 2 is 1.73 bits per heavy atom. The number of para-hydroxylation sites is 2. The standard InChI is InChI=1S/C37H34F3N5O3/c1-36(2)20-28-31(35(48)45-36)33(43-26-8-4-3-5-9-26)32(44-28)23-16-17-41-30(18-23)37(39,40)19-24(22-12-14-25(38)15-13-22)21-42-34(47)27-10-6-7-11-29(27)46/h3-18,24,43-44,46H,19-21H2,1-2H3,(H,42,47)(H,45,48). The Balaban J connectivity index is 1.33. The largest absolute Gasteiger partial charge is 0.507 e. The Bertz CT molecular complexity index is 1960. The first-order chi connectivity index (χ1) is 22.9. The molecule has 11 heteroatoms. The summed E-state index contributed by atoms with van der Waals surface area (Å²) in [5.41, 5.74) is 2.48. The van der Waals surface area contributed by atoms with E-state index in [-0.39, 0.29) is 23.8 Å². The third kappa shape index (κ3) is 6.90. The quantitative estimate of drug-likeness (QED) is 0.108. The number of aromatic hydroxyl groups is 1. The lowest BCUT2D eigenvalue weighted by Crippen LogP contribution is -2.49. The Morgan fingerprint density at radius 1 is 1.02 bits per heavy atom. The van der Waals surface area contributed by atoms with Crippen molar-refractivity contribution in [2.75, 3.05) is 11.9 Å². The summed E-state index contributed by atoms with van der Waals surface area (Å²) in [5.74, 6) is -6.12. The zero-order valence-electron chi connectivity index (χ0n) is 26.3. The van der Waals surface area contributed by atoms with Gasteiger partial charge in [0.15, 0.2) is 0 Å². The van der Waals surface area contributed by atoms with Crippen molar-refractivity contribution in [2.45, 2.75) is 44.1 Å². The second-order valence-corrected chi connectivity index (χ2v) is 12.5. The van der Waals surface area contributed by atoms with Gasteiger partial charge in [-0.3, -0.25) is 14.6 Å². The zero-order chi connectivity index (χ0) is 34.1. The van der Waals surface area contributed by atoms with Crippen molar-refractivity contribution in [2.24, 2.45) is 0 Å². The molecule has 2 aromatic heterocycles. The van der Waals surface area contributed by atoms with E-state index in [0.717, 1.165) is 0 Å². The van der Waals surface area contributed by atoms with Crippen LogP contribution in [0.25, 0.3) is 11.3 Å². The molecule has 0 radical (unpaired) electrons. The fourth-order valence-electron chi connectivity index (χ4n) is 6.02. The van der Waals surface area contributed by atoms with Gasteiger partial charge in [-0.2, -0.15) is 8.78 Å². The molecule has 3 heterocycles. The van der Waals surface area contributed by atoms with Crippen LogP contribution in [-0.4, -0.2) is 39.0 Å². The smallest absolute Gasteiger partial charge is 0.290 e. The molecule has 2 amide bonds. The summed E-state index contributed by atoms with van der Waals surface area (Å²) in [5, 5.41) is 19.0. The second-order valence-electron chi connectivity index (χ2n) is 12.5. The summed E-state index contributed by atoms with van der Waals surface area (Å²) in [6.45, 7) is 3.60. The van der Waals surface area contributed by atoms with Gasteiger partial charge in [-0.1, -0.05) is 42.5 Å². The van der Waals surface area contributed by atoms with E-state index in [1.54, 1.807) is 18.2 Å². The normalized spacial score (nSPS) is 14.5. The Kier molecular flexibility index (Phi) is 8.70. The summed E-state index contributed by atoms with van der Waals surface area (Å²) in [6, 6.07) is 23.2. The highest BCUT2D eigenvalue weighted by molar-refractivity contribution is 6.06. The maximum Gasteiger partial charge on any atom is 0.290 e. The van der Waals surface area contributed by atoms with Gasteiger partial charge in [-0.15, -0.1) is 0 Å². The number of pyridine rings is 1. The molecular formula is C37H34F3N5O3. The van der Waals surface area contributed by atoms with Crippen molar-refractivity contribution in [3.63, 3.8) is 0 Å². The van der Waals surface area contributed by atoms with Gasteiger partial charge < -0.3 is 26.0 Å². The predicted octanol–water partition coefficient (Wildman–Crippen LogP) is 7.43. The van der Waals surface area contributed by atoms with Gasteiger partial charge in [0.1, 0.15) is 17.3 Å². The van der Waals surface area contributed by atoms with Gasteiger partial charge in [-0.25, -0.2) is 4.39 Å². The van der Waals surface area contributed by atoms with E-state index in [1.807, 2.05) is 44.2 Å². The first-order valence-corrected chi connectivity index (χ1v) is 15.5. The summed E-state index contributed by atoms with van der Waals surface area (Å²) >= 11 is 0. The SMILES string of the molecule is CC1(C)Cc2[nH]c(-c3ccnc(C(F)(F)CC(CNC(=O)c4ccccc4O)c4ccc(F)cc4)c3)c(Nc3ccccc3)c2C(=O)N1. The molecule has 1 unspecified atom stereocenters. The minimum absolute atomic E-state index is 0.00196. The zero-order valence-corrected chi connectivity index (χ0v) is 26.3. The summed E-state index contributed by atoms with van der Waals surface area (Å²) < 4.78 is 46.2. The molecule has 5 aromatic rings. The molecule has 0 saturated heterocycles. The number of benzene rings is 3. The molecule has 6 rings (SSSR count). The number of halogens is 3. The van der Waals surface area contributed by atoms with Gasteiger partial charge >= 0.3 is 0 Å². The highest BCUT2D eigenvalue weighted by Crippen LogP contribution is 2.42. The van der Waals surface area contributed by atoms with Crippen LogP contribution in [0.1, 0.15) is 63.9 Å². The molecule has 1 atom stereocenters. The van der Waals surface area contributed by atoms with Gasteiger partial charge in [-0.05, 0) is 67.9 Å². The fraction of sp³-hybridized carbons (Fsp3) is 0.216. The van der Waals surface area contributed by atoms with Gasteiger partial charge in [0.2, 0.25) is 0 Å². The fourth-order valence-corrected chi connectivity index (χ4v) is 6.02. The van der Waals surface area contributed by atoms with Crippen LogP contribution in [0.4, 0.5) is 24.5 Å². The molecule has 3 aromatic carbocycles. The number of phenols is 1. The number of hydrogen-bond acceptors (Lipinski definition) is 5. The number of rotatable bonds is 10. The van der Waals surface area contributed by atoms with Crippen LogP contribution in [0, 0.1) is 5.82 Å². The number of hydrogen-bond donors (Lipinski definition) is 5. The molecule has 0 spiro atoms. The Hall–Kier alpha value is -5.58. The minimum Gasteiger partial charge on any atom is -0.507 e. The van der Waals surface area contributed by atoms with Crippen molar-refractivity contribution in [3.8, 4) is 17.0 Å². The number of phenolic OH excluding ortho intramolecular Hbond substituents is 1. The van der Waals surface area contributed by atoms with Gasteiger partial charge in [0.25, 0.3) is 17.7 Å². The monoisotopic (exact) mass is 653 g/mol. The number of alkyl halides is 2. The molecule has 1 aliphatic rings. The van der Waals surface area contributed by atoms with E-state index in [0.29, 0.717) is 45.9 Å². The molecule has 1 aliphatic heterocycles.